The number of amides is 5. The summed E-state index contributed by atoms with van der Waals surface area (Å²) < 4.78 is 5.45. The van der Waals surface area contributed by atoms with Crippen LogP contribution >= 0.6 is 22.7 Å². The van der Waals surface area contributed by atoms with Crippen molar-refractivity contribution in [1.29, 1.82) is 0 Å². The summed E-state index contributed by atoms with van der Waals surface area (Å²) >= 11 is 2.93. The van der Waals surface area contributed by atoms with Gasteiger partial charge in [-0.1, -0.05) is 74.5 Å². The first kappa shape index (κ1) is 38.0. The lowest BCUT2D eigenvalue weighted by Gasteiger charge is -2.26. The molecule has 0 spiro atoms. The Morgan fingerprint density at radius 1 is 0.880 bits per heavy atom. The Balaban J connectivity index is 1.44. The molecule has 266 valence electrons. The molecule has 3 atom stereocenters. The maximum absolute atomic E-state index is 13.7. The van der Waals surface area contributed by atoms with Gasteiger partial charge in [-0.2, -0.15) is 0 Å². The van der Waals surface area contributed by atoms with E-state index >= 15 is 0 Å². The first-order chi connectivity index (χ1) is 24.0. The first-order valence-electron chi connectivity index (χ1n) is 16.5. The number of primary amides is 1. The van der Waals surface area contributed by atoms with Crippen molar-refractivity contribution in [3.63, 3.8) is 0 Å². The topological polar surface area (TPSA) is 169 Å². The molecule has 5 amide bonds. The standard InChI is InChI=1S/C36H45N7O5S2/c1-24(2)34-40-29(22-49-34)20-43(3)35(46)42-31(18-32(37)44)33(45)39-27(16-25-10-6-4-7-11-25)14-15-28(17-26-12-8-5-9-13-26)41-36(47)48-21-30-19-38-23-50-30/h4-13,19,22-24,27-28,31H,14-18,20-21H2,1-3H3,(H2,37,44)(H,39,45)(H,41,47)(H,42,46)/t27?,28-,31-/m0/s1. The van der Waals surface area contributed by atoms with Gasteiger partial charge < -0.3 is 31.3 Å². The van der Waals surface area contributed by atoms with Gasteiger partial charge in [-0.25, -0.2) is 14.6 Å². The van der Waals surface area contributed by atoms with E-state index in [0.717, 1.165) is 26.7 Å². The Labute approximate surface area is 300 Å². The molecule has 0 fully saturated rings. The highest BCUT2D eigenvalue weighted by molar-refractivity contribution is 7.09. The number of hydrogen-bond acceptors (Lipinski definition) is 9. The molecule has 0 aliphatic heterocycles. The molecule has 2 aromatic heterocycles. The maximum Gasteiger partial charge on any atom is 0.407 e. The molecule has 0 saturated heterocycles. The largest absolute Gasteiger partial charge is 0.444 e. The molecule has 0 aliphatic rings. The molecule has 50 heavy (non-hydrogen) atoms. The third-order valence-electron chi connectivity index (χ3n) is 7.84. The van der Waals surface area contributed by atoms with E-state index in [2.05, 4.69) is 39.8 Å². The first-order valence-corrected chi connectivity index (χ1v) is 18.2. The summed E-state index contributed by atoms with van der Waals surface area (Å²) in [7, 11) is 1.60. The number of nitrogens with zero attached hydrogens (tertiary/aromatic N) is 3. The molecular weight excluding hydrogens is 675 g/mol. The lowest BCUT2D eigenvalue weighted by molar-refractivity contribution is -0.127. The van der Waals surface area contributed by atoms with Crippen LogP contribution in [0.5, 0.6) is 0 Å². The number of aromatic nitrogens is 2. The van der Waals surface area contributed by atoms with Crippen LogP contribution in [0.15, 0.2) is 77.8 Å². The molecule has 0 bridgehead atoms. The summed E-state index contributed by atoms with van der Waals surface area (Å²) in [4.78, 5) is 62.6. The minimum absolute atomic E-state index is 0.117. The fraction of sp³-hybridized carbons (Fsp3) is 0.389. The lowest BCUT2D eigenvalue weighted by Crippen LogP contribution is -2.54. The molecule has 12 nitrogen and oxygen atoms in total. The van der Waals surface area contributed by atoms with Crippen LogP contribution in [0.1, 0.15) is 65.7 Å². The molecule has 1 unspecified atom stereocenters. The average Bonchev–Trinajstić information content (AvgIpc) is 3.79. The predicted octanol–water partition coefficient (Wildman–Crippen LogP) is 5.15. The Bertz CT molecular complexity index is 1650. The molecular formula is C36H45N7O5S2. The summed E-state index contributed by atoms with van der Waals surface area (Å²) in [5.74, 6) is -0.982. The van der Waals surface area contributed by atoms with Gasteiger partial charge in [-0.3, -0.25) is 14.6 Å². The summed E-state index contributed by atoms with van der Waals surface area (Å²) in [6.07, 6.45) is 2.75. The van der Waals surface area contributed by atoms with Gasteiger partial charge in [0, 0.05) is 36.6 Å². The number of carbonyl (C=O) groups is 4. The van der Waals surface area contributed by atoms with Gasteiger partial charge in [-0.05, 0) is 36.8 Å². The summed E-state index contributed by atoms with van der Waals surface area (Å²) in [6.45, 7) is 4.46. The number of hydrogen-bond donors (Lipinski definition) is 4. The summed E-state index contributed by atoms with van der Waals surface area (Å²) in [5.41, 5.74) is 9.97. The van der Waals surface area contributed by atoms with E-state index < -0.39 is 36.0 Å². The number of thiazole rings is 2. The van der Waals surface area contributed by atoms with Gasteiger partial charge in [0.1, 0.15) is 12.6 Å². The van der Waals surface area contributed by atoms with Crippen molar-refractivity contribution in [2.45, 2.75) is 83.1 Å². The fourth-order valence-corrected chi connectivity index (χ4v) is 6.59. The molecule has 5 N–H and O–H groups in total. The van der Waals surface area contributed by atoms with Crippen LogP contribution in [0.3, 0.4) is 0 Å². The van der Waals surface area contributed by atoms with Crippen molar-refractivity contribution < 1.29 is 23.9 Å². The monoisotopic (exact) mass is 719 g/mol. The second-order valence-corrected chi connectivity index (χ2v) is 14.3. The Morgan fingerprint density at radius 2 is 1.50 bits per heavy atom. The van der Waals surface area contributed by atoms with Crippen molar-refractivity contribution in [3.05, 3.63) is 104 Å². The second kappa shape index (κ2) is 19.4. The smallest absolute Gasteiger partial charge is 0.407 e. The van der Waals surface area contributed by atoms with Crippen molar-refractivity contribution in [1.82, 2.24) is 30.8 Å². The zero-order valence-electron chi connectivity index (χ0n) is 28.5. The zero-order valence-corrected chi connectivity index (χ0v) is 30.2. The fourth-order valence-electron chi connectivity index (χ4n) is 5.26. The molecule has 0 aliphatic carbocycles. The minimum Gasteiger partial charge on any atom is -0.444 e. The van der Waals surface area contributed by atoms with Crippen molar-refractivity contribution >= 4 is 46.6 Å². The molecule has 2 heterocycles. The van der Waals surface area contributed by atoms with Crippen molar-refractivity contribution in [2.24, 2.45) is 5.73 Å². The van der Waals surface area contributed by atoms with Gasteiger partial charge in [0.25, 0.3) is 0 Å². The summed E-state index contributed by atoms with van der Waals surface area (Å²) in [5, 5.41) is 11.6. The van der Waals surface area contributed by atoms with Gasteiger partial charge in [0.15, 0.2) is 0 Å². The van der Waals surface area contributed by atoms with Crippen molar-refractivity contribution in [2.75, 3.05) is 7.05 Å². The van der Waals surface area contributed by atoms with Crippen LogP contribution < -0.4 is 21.7 Å². The van der Waals surface area contributed by atoms with E-state index in [1.165, 1.54) is 27.6 Å². The highest BCUT2D eigenvalue weighted by Gasteiger charge is 2.27. The summed E-state index contributed by atoms with van der Waals surface area (Å²) in [6, 6.07) is 17.1. The van der Waals surface area contributed by atoms with Crippen LogP contribution in [0.4, 0.5) is 9.59 Å². The van der Waals surface area contributed by atoms with Crippen LogP contribution in [0.25, 0.3) is 0 Å². The SMILES string of the molecule is CC(C)c1nc(CN(C)C(=O)N[C@@H](CC(N)=O)C(=O)NC(CC[C@@H](Cc2ccccc2)NC(=O)OCc2cncs2)Cc2ccccc2)cs1. The van der Waals surface area contributed by atoms with Crippen LogP contribution in [-0.4, -0.2) is 64.0 Å². The zero-order chi connectivity index (χ0) is 35.9. The number of ether oxygens (including phenoxy) is 1. The van der Waals surface area contributed by atoms with E-state index in [9.17, 15) is 19.2 Å². The van der Waals surface area contributed by atoms with Crippen LogP contribution in [-0.2, 0) is 40.3 Å². The third-order valence-corrected chi connectivity index (χ3v) is 9.79. The molecule has 4 aromatic rings. The minimum atomic E-state index is -1.19. The second-order valence-electron chi connectivity index (χ2n) is 12.4. The molecule has 0 saturated carbocycles. The Kier molecular flexibility index (Phi) is 14.7. The normalized spacial score (nSPS) is 12.8. The molecule has 0 radical (unpaired) electrons. The van der Waals surface area contributed by atoms with Crippen molar-refractivity contribution in [3.8, 4) is 0 Å². The van der Waals surface area contributed by atoms with Crippen LogP contribution in [0, 0.1) is 0 Å². The Morgan fingerprint density at radius 3 is 2.04 bits per heavy atom. The maximum atomic E-state index is 13.7. The third kappa shape index (κ3) is 12.9. The lowest BCUT2D eigenvalue weighted by atomic mass is 9.95. The Hall–Kier alpha value is -4.82. The van der Waals surface area contributed by atoms with Gasteiger partial charge >= 0.3 is 12.1 Å². The number of benzene rings is 2. The highest BCUT2D eigenvalue weighted by Crippen LogP contribution is 2.20. The van der Waals surface area contributed by atoms with Gasteiger partial charge in [0.05, 0.1) is 34.1 Å². The number of nitrogens with two attached hydrogens (primary N) is 1. The molecule has 14 heteroatoms. The van der Waals surface area contributed by atoms with E-state index in [1.54, 1.807) is 18.8 Å². The number of urea groups is 1. The van der Waals surface area contributed by atoms with E-state index in [4.69, 9.17) is 10.5 Å². The van der Waals surface area contributed by atoms with Gasteiger partial charge in [0.2, 0.25) is 11.8 Å². The number of nitrogens with one attached hydrogen (secondary N) is 3. The van der Waals surface area contributed by atoms with Gasteiger partial charge in [-0.15, -0.1) is 22.7 Å². The molecule has 2 aromatic carbocycles. The number of alkyl carbamates (subject to hydrolysis) is 1. The quantitative estimate of drug-likeness (QED) is 0.110. The average molecular weight is 720 g/mol. The predicted molar refractivity (Wildman–Crippen MR) is 194 cm³/mol. The number of rotatable bonds is 18. The van der Waals surface area contributed by atoms with E-state index in [0.29, 0.717) is 25.7 Å². The number of carbonyl (C=O) groups excluding carboxylic acids is 4. The van der Waals surface area contributed by atoms with E-state index in [1.807, 2.05) is 66.0 Å². The molecule has 4 rings (SSSR count). The van der Waals surface area contributed by atoms with Crippen LogP contribution in [0.2, 0.25) is 0 Å². The van der Waals surface area contributed by atoms with E-state index in [-0.39, 0.29) is 31.5 Å². The highest BCUT2D eigenvalue weighted by atomic mass is 32.1.